The second kappa shape index (κ2) is 6.02. The molecule has 0 heterocycles. The summed E-state index contributed by atoms with van der Waals surface area (Å²) in [5.74, 6) is 0. The van der Waals surface area contributed by atoms with Gasteiger partial charge in [-0.05, 0) is 38.3 Å². The first kappa shape index (κ1) is 11.6. The molecule has 0 amide bonds. The molecule has 1 aromatic carbocycles. The zero-order chi connectivity index (χ0) is 11.2. The van der Waals surface area contributed by atoms with Gasteiger partial charge >= 0.3 is 0 Å². The summed E-state index contributed by atoms with van der Waals surface area (Å²) in [5, 5.41) is 3.51. The second-order valence-electron chi connectivity index (χ2n) is 4.62. The van der Waals surface area contributed by atoms with Crippen molar-refractivity contribution in [3.05, 3.63) is 35.9 Å². The van der Waals surface area contributed by atoms with Crippen LogP contribution in [0.2, 0.25) is 0 Å². The molecule has 0 aliphatic heterocycles. The number of hydrogen-bond acceptors (Lipinski definition) is 2. The Hall–Kier alpha value is -0.860. The molecule has 2 nitrogen and oxygen atoms in total. The molecule has 1 aromatic rings. The Morgan fingerprint density at radius 1 is 1.31 bits per heavy atom. The molecule has 1 aliphatic rings. The van der Waals surface area contributed by atoms with E-state index in [1.54, 1.807) is 0 Å². The minimum absolute atomic E-state index is 0.339. The molecule has 16 heavy (non-hydrogen) atoms. The van der Waals surface area contributed by atoms with Gasteiger partial charge in [0, 0.05) is 6.04 Å². The number of rotatable bonds is 7. The Morgan fingerprint density at radius 2 is 2.06 bits per heavy atom. The van der Waals surface area contributed by atoms with Crippen LogP contribution in [0, 0.1) is 0 Å². The average Bonchev–Trinajstić information content (AvgIpc) is 3.12. The van der Waals surface area contributed by atoms with Crippen molar-refractivity contribution in [3.8, 4) is 0 Å². The minimum atomic E-state index is 0.339. The van der Waals surface area contributed by atoms with Crippen LogP contribution >= 0.6 is 0 Å². The minimum Gasteiger partial charge on any atom is -0.374 e. The highest BCUT2D eigenvalue weighted by Crippen LogP contribution is 2.18. The third kappa shape index (κ3) is 4.33. The van der Waals surface area contributed by atoms with Gasteiger partial charge in [-0.25, -0.2) is 0 Å². The molecule has 1 N–H and O–H groups in total. The Bertz CT molecular complexity index is 295. The Kier molecular flexibility index (Phi) is 4.37. The fraction of sp³-hybridized carbons (Fsp3) is 0.571. The maximum atomic E-state index is 5.79. The lowest BCUT2D eigenvalue weighted by molar-refractivity contribution is 0.0477. The van der Waals surface area contributed by atoms with Gasteiger partial charge < -0.3 is 10.1 Å². The molecule has 1 aliphatic carbocycles. The van der Waals surface area contributed by atoms with Crippen LogP contribution in [0.25, 0.3) is 0 Å². The summed E-state index contributed by atoms with van der Waals surface area (Å²) in [6.07, 6.45) is 4.16. The van der Waals surface area contributed by atoms with Crippen molar-refractivity contribution in [1.82, 2.24) is 5.32 Å². The summed E-state index contributed by atoms with van der Waals surface area (Å²) in [6.45, 7) is 3.96. The topological polar surface area (TPSA) is 21.3 Å². The predicted octanol–water partition coefficient (Wildman–Crippen LogP) is 2.73. The van der Waals surface area contributed by atoms with E-state index in [-0.39, 0.29) is 0 Å². The summed E-state index contributed by atoms with van der Waals surface area (Å²) >= 11 is 0. The highest BCUT2D eigenvalue weighted by Gasteiger charge is 2.19. The van der Waals surface area contributed by atoms with Crippen LogP contribution in [0.3, 0.4) is 0 Å². The molecule has 1 unspecified atom stereocenters. The maximum Gasteiger partial charge on any atom is 0.0720 e. The quantitative estimate of drug-likeness (QED) is 0.761. The highest BCUT2D eigenvalue weighted by molar-refractivity contribution is 5.13. The molecule has 1 atom stereocenters. The van der Waals surface area contributed by atoms with Gasteiger partial charge in [-0.2, -0.15) is 0 Å². The number of hydrogen-bond donors (Lipinski definition) is 1. The normalized spacial score (nSPS) is 17.3. The van der Waals surface area contributed by atoms with Gasteiger partial charge in [-0.1, -0.05) is 30.3 Å². The van der Waals surface area contributed by atoms with Gasteiger partial charge in [-0.15, -0.1) is 0 Å². The third-order valence-corrected chi connectivity index (χ3v) is 2.94. The van der Waals surface area contributed by atoms with Crippen LogP contribution in [0.15, 0.2) is 30.3 Å². The first-order chi connectivity index (χ1) is 7.84. The van der Waals surface area contributed by atoms with Crippen LogP contribution in [0.1, 0.15) is 31.7 Å². The lowest BCUT2D eigenvalue weighted by atomic mass is 10.2. The van der Waals surface area contributed by atoms with E-state index in [4.69, 9.17) is 4.74 Å². The SMILES string of the molecule is CC(CCNC1CC1)OCc1ccccc1. The lowest BCUT2D eigenvalue weighted by Gasteiger charge is -2.13. The maximum absolute atomic E-state index is 5.79. The molecule has 2 heteroatoms. The standard InChI is InChI=1S/C14H21NO/c1-12(9-10-15-14-7-8-14)16-11-13-5-3-2-4-6-13/h2-6,12,14-15H,7-11H2,1H3. The Labute approximate surface area is 98.0 Å². The average molecular weight is 219 g/mol. The van der Waals surface area contributed by atoms with Gasteiger partial charge in [0.1, 0.15) is 0 Å². The lowest BCUT2D eigenvalue weighted by Crippen LogP contribution is -2.22. The van der Waals surface area contributed by atoms with Crippen molar-refractivity contribution >= 4 is 0 Å². The van der Waals surface area contributed by atoms with E-state index < -0.39 is 0 Å². The fourth-order valence-corrected chi connectivity index (χ4v) is 1.67. The molecule has 0 aromatic heterocycles. The molecule has 0 spiro atoms. The van der Waals surface area contributed by atoms with E-state index in [0.29, 0.717) is 6.10 Å². The van der Waals surface area contributed by atoms with Crippen molar-refractivity contribution in [2.24, 2.45) is 0 Å². The zero-order valence-electron chi connectivity index (χ0n) is 9.99. The molecule has 0 radical (unpaired) electrons. The molecule has 1 saturated carbocycles. The van der Waals surface area contributed by atoms with E-state index in [2.05, 4.69) is 36.5 Å². The zero-order valence-corrected chi connectivity index (χ0v) is 9.99. The molecular weight excluding hydrogens is 198 g/mol. The molecule has 2 rings (SSSR count). The van der Waals surface area contributed by atoms with Crippen LogP contribution in [-0.2, 0) is 11.3 Å². The van der Waals surface area contributed by atoms with Gasteiger partial charge in [0.05, 0.1) is 12.7 Å². The first-order valence-corrected chi connectivity index (χ1v) is 6.23. The summed E-state index contributed by atoms with van der Waals surface area (Å²) in [5.41, 5.74) is 1.25. The van der Waals surface area contributed by atoms with Crippen LogP contribution in [0.5, 0.6) is 0 Å². The smallest absolute Gasteiger partial charge is 0.0720 e. The van der Waals surface area contributed by atoms with Gasteiger partial charge in [0.2, 0.25) is 0 Å². The van der Waals surface area contributed by atoms with Crippen molar-refractivity contribution in [2.45, 2.75) is 44.9 Å². The van der Waals surface area contributed by atoms with Crippen LogP contribution < -0.4 is 5.32 Å². The van der Waals surface area contributed by atoms with Gasteiger partial charge in [0.15, 0.2) is 0 Å². The molecule has 88 valence electrons. The molecular formula is C14H21NO. The number of ether oxygens (including phenoxy) is 1. The van der Waals surface area contributed by atoms with Crippen molar-refractivity contribution in [2.75, 3.05) is 6.54 Å². The van der Waals surface area contributed by atoms with E-state index in [0.717, 1.165) is 25.6 Å². The number of benzene rings is 1. The fourth-order valence-electron chi connectivity index (χ4n) is 1.67. The monoisotopic (exact) mass is 219 g/mol. The van der Waals surface area contributed by atoms with E-state index in [9.17, 15) is 0 Å². The van der Waals surface area contributed by atoms with E-state index in [1.807, 2.05) is 6.07 Å². The molecule has 0 bridgehead atoms. The predicted molar refractivity (Wildman–Crippen MR) is 66.3 cm³/mol. The summed E-state index contributed by atoms with van der Waals surface area (Å²) in [4.78, 5) is 0. The molecule has 1 fully saturated rings. The van der Waals surface area contributed by atoms with Crippen molar-refractivity contribution in [3.63, 3.8) is 0 Å². The summed E-state index contributed by atoms with van der Waals surface area (Å²) in [6, 6.07) is 11.2. The number of nitrogens with one attached hydrogen (secondary N) is 1. The van der Waals surface area contributed by atoms with Crippen molar-refractivity contribution < 1.29 is 4.74 Å². The van der Waals surface area contributed by atoms with E-state index in [1.165, 1.54) is 18.4 Å². The first-order valence-electron chi connectivity index (χ1n) is 6.23. The Balaban J connectivity index is 1.57. The van der Waals surface area contributed by atoms with Crippen LogP contribution in [-0.4, -0.2) is 18.7 Å². The Morgan fingerprint density at radius 3 is 2.75 bits per heavy atom. The summed E-state index contributed by atoms with van der Waals surface area (Å²) in [7, 11) is 0. The highest BCUT2D eigenvalue weighted by atomic mass is 16.5. The van der Waals surface area contributed by atoms with E-state index >= 15 is 0 Å². The third-order valence-electron chi connectivity index (χ3n) is 2.94. The van der Waals surface area contributed by atoms with Gasteiger partial charge in [0.25, 0.3) is 0 Å². The van der Waals surface area contributed by atoms with Crippen LogP contribution in [0.4, 0.5) is 0 Å². The molecule has 0 saturated heterocycles. The van der Waals surface area contributed by atoms with Gasteiger partial charge in [-0.3, -0.25) is 0 Å². The summed E-state index contributed by atoms with van der Waals surface area (Å²) < 4.78 is 5.79. The largest absolute Gasteiger partial charge is 0.374 e. The second-order valence-corrected chi connectivity index (χ2v) is 4.62. The van der Waals surface area contributed by atoms with Crippen molar-refractivity contribution in [1.29, 1.82) is 0 Å².